The van der Waals surface area contributed by atoms with Crippen molar-refractivity contribution in [1.29, 1.82) is 0 Å². The summed E-state index contributed by atoms with van der Waals surface area (Å²) in [4.78, 5) is 21.7. The van der Waals surface area contributed by atoms with Gasteiger partial charge in [0.05, 0.1) is 23.0 Å². The van der Waals surface area contributed by atoms with Crippen LogP contribution in [0, 0.1) is 0 Å². The van der Waals surface area contributed by atoms with E-state index in [-0.39, 0.29) is 12.7 Å². The fraction of sp³-hybridized carbons (Fsp3) is 0.0435. The summed E-state index contributed by atoms with van der Waals surface area (Å²) in [6.07, 6.45) is 4.94. The molecular weight excluding hydrogens is 460 g/mol. The average molecular weight is 475 g/mol. The van der Waals surface area contributed by atoms with E-state index in [1.54, 1.807) is 30.7 Å². The lowest BCUT2D eigenvalue weighted by molar-refractivity contribution is 0.0956. The zero-order valence-electron chi connectivity index (χ0n) is 16.1. The van der Waals surface area contributed by atoms with Gasteiger partial charge in [-0.25, -0.2) is 10.4 Å². The Balaban J connectivity index is 1.45. The quantitative estimate of drug-likeness (QED) is 0.346. The molecule has 0 atom stereocenters. The van der Waals surface area contributed by atoms with Crippen LogP contribution in [0.5, 0.6) is 11.5 Å². The molecule has 7 nitrogen and oxygen atoms in total. The lowest BCUT2D eigenvalue weighted by Gasteiger charge is -2.09. The van der Waals surface area contributed by atoms with Gasteiger partial charge < -0.3 is 9.47 Å². The van der Waals surface area contributed by atoms with Gasteiger partial charge in [0.15, 0.2) is 11.5 Å². The number of carbonyl (C=O) groups excluding carboxylic acids is 1. The number of rotatable bonds is 4. The third kappa shape index (κ3) is 3.85. The number of fused-ring (bicyclic) bond motifs is 2. The molecule has 0 spiro atoms. The van der Waals surface area contributed by atoms with Crippen molar-refractivity contribution in [3.05, 3.63) is 82.6 Å². The number of halogens is 1. The van der Waals surface area contributed by atoms with E-state index in [9.17, 15) is 4.79 Å². The van der Waals surface area contributed by atoms with Gasteiger partial charge in [-0.3, -0.25) is 9.78 Å². The molecule has 2 aromatic heterocycles. The third-order valence-corrected chi connectivity index (χ3v) is 5.49. The molecule has 0 saturated carbocycles. The maximum Gasteiger partial charge on any atom is 0.272 e. The standard InChI is InChI=1S/C23H15BrN4O3/c24-18-11-22-21(30-13-31-22)9-15(18)12-26-28-23(29)17-10-20(14-5-7-25-8-6-14)27-19-4-2-1-3-16(17)19/h1-12H,13H2,(H,28,29)/b26-12-. The summed E-state index contributed by atoms with van der Waals surface area (Å²) in [6.45, 7) is 0.189. The van der Waals surface area contributed by atoms with Crippen LogP contribution in [0.2, 0.25) is 0 Å². The Bertz CT molecular complexity index is 1330. The smallest absolute Gasteiger partial charge is 0.272 e. The molecule has 1 amide bonds. The second-order valence-electron chi connectivity index (χ2n) is 6.73. The van der Waals surface area contributed by atoms with Gasteiger partial charge in [0.25, 0.3) is 5.91 Å². The van der Waals surface area contributed by atoms with Crippen molar-refractivity contribution in [1.82, 2.24) is 15.4 Å². The predicted molar refractivity (Wildman–Crippen MR) is 120 cm³/mol. The fourth-order valence-corrected chi connectivity index (χ4v) is 3.71. The monoisotopic (exact) mass is 474 g/mol. The first-order valence-electron chi connectivity index (χ1n) is 9.42. The van der Waals surface area contributed by atoms with Crippen LogP contribution < -0.4 is 14.9 Å². The predicted octanol–water partition coefficient (Wildman–Crippen LogP) is 4.55. The molecule has 0 unspecified atom stereocenters. The van der Waals surface area contributed by atoms with Crippen molar-refractivity contribution in [3.63, 3.8) is 0 Å². The average Bonchev–Trinajstić information content (AvgIpc) is 3.26. The summed E-state index contributed by atoms with van der Waals surface area (Å²) in [6, 6.07) is 16.6. The van der Waals surface area contributed by atoms with E-state index in [1.165, 1.54) is 0 Å². The molecule has 1 N–H and O–H groups in total. The van der Waals surface area contributed by atoms with E-state index in [2.05, 4.69) is 36.4 Å². The van der Waals surface area contributed by atoms with Gasteiger partial charge in [-0.15, -0.1) is 0 Å². The summed E-state index contributed by atoms with van der Waals surface area (Å²) in [5, 5.41) is 4.88. The fourth-order valence-electron chi connectivity index (χ4n) is 3.29. The maximum absolute atomic E-state index is 13.0. The molecule has 0 aliphatic carbocycles. The number of pyridine rings is 2. The van der Waals surface area contributed by atoms with Crippen LogP contribution >= 0.6 is 15.9 Å². The van der Waals surface area contributed by atoms with E-state index in [1.807, 2.05) is 42.5 Å². The SMILES string of the molecule is O=C(N/N=C\c1cc2c(cc1Br)OCO2)c1cc(-c2ccncc2)nc2ccccc12. The molecule has 0 radical (unpaired) electrons. The first kappa shape index (κ1) is 19.2. The second kappa shape index (κ2) is 8.16. The highest BCUT2D eigenvalue weighted by Crippen LogP contribution is 2.36. The van der Waals surface area contributed by atoms with Gasteiger partial charge in [-0.1, -0.05) is 18.2 Å². The third-order valence-electron chi connectivity index (χ3n) is 4.80. The Morgan fingerprint density at radius 2 is 1.84 bits per heavy atom. The van der Waals surface area contributed by atoms with Crippen LogP contribution in [0.3, 0.4) is 0 Å². The van der Waals surface area contributed by atoms with Crippen LogP contribution in [-0.2, 0) is 0 Å². The largest absolute Gasteiger partial charge is 0.454 e. The van der Waals surface area contributed by atoms with Crippen LogP contribution in [-0.4, -0.2) is 28.9 Å². The lowest BCUT2D eigenvalue weighted by Crippen LogP contribution is -2.18. The molecule has 0 saturated heterocycles. The van der Waals surface area contributed by atoms with Crippen molar-refractivity contribution >= 4 is 39.0 Å². The Morgan fingerprint density at radius 3 is 2.68 bits per heavy atom. The highest BCUT2D eigenvalue weighted by molar-refractivity contribution is 9.10. The van der Waals surface area contributed by atoms with Crippen molar-refractivity contribution in [3.8, 4) is 22.8 Å². The first-order valence-corrected chi connectivity index (χ1v) is 10.2. The number of hydrazone groups is 1. The number of para-hydroxylation sites is 1. The van der Waals surface area contributed by atoms with Crippen molar-refractivity contribution in [2.24, 2.45) is 5.10 Å². The van der Waals surface area contributed by atoms with E-state index in [4.69, 9.17) is 9.47 Å². The van der Waals surface area contributed by atoms with Gasteiger partial charge in [0, 0.05) is 33.4 Å². The zero-order valence-corrected chi connectivity index (χ0v) is 17.7. The topological polar surface area (TPSA) is 85.7 Å². The minimum absolute atomic E-state index is 0.189. The summed E-state index contributed by atoms with van der Waals surface area (Å²) < 4.78 is 11.5. The second-order valence-corrected chi connectivity index (χ2v) is 7.59. The van der Waals surface area contributed by atoms with Crippen LogP contribution in [0.15, 0.2) is 76.6 Å². The highest BCUT2D eigenvalue weighted by Gasteiger charge is 2.16. The van der Waals surface area contributed by atoms with E-state index < -0.39 is 0 Å². The lowest BCUT2D eigenvalue weighted by atomic mass is 10.0. The Kier molecular flexibility index (Phi) is 5.05. The van der Waals surface area contributed by atoms with Gasteiger partial charge in [-0.2, -0.15) is 5.10 Å². The van der Waals surface area contributed by atoms with Crippen LogP contribution in [0.4, 0.5) is 0 Å². The molecule has 2 aromatic carbocycles. The Hall–Kier alpha value is -3.78. The molecule has 152 valence electrons. The summed E-state index contributed by atoms with van der Waals surface area (Å²) in [7, 11) is 0. The minimum Gasteiger partial charge on any atom is -0.454 e. The van der Waals surface area contributed by atoms with E-state index >= 15 is 0 Å². The van der Waals surface area contributed by atoms with Crippen molar-refractivity contribution in [2.45, 2.75) is 0 Å². The highest BCUT2D eigenvalue weighted by atomic mass is 79.9. The van der Waals surface area contributed by atoms with E-state index in [0.717, 1.165) is 26.5 Å². The number of hydrogen-bond donors (Lipinski definition) is 1. The van der Waals surface area contributed by atoms with Gasteiger partial charge in [0.1, 0.15) is 0 Å². The van der Waals surface area contributed by atoms with Crippen LogP contribution in [0.25, 0.3) is 22.2 Å². The summed E-state index contributed by atoms with van der Waals surface area (Å²) in [5.41, 5.74) is 6.14. The zero-order chi connectivity index (χ0) is 21.2. The minimum atomic E-state index is -0.331. The van der Waals surface area contributed by atoms with Gasteiger partial charge >= 0.3 is 0 Å². The van der Waals surface area contributed by atoms with E-state index in [0.29, 0.717) is 22.8 Å². The molecular formula is C23H15BrN4O3. The van der Waals surface area contributed by atoms with Crippen molar-refractivity contribution < 1.29 is 14.3 Å². The molecule has 0 bridgehead atoms. The molecule has 1 aliphatic rings. The molecule has 4 aromatic rings. The van der Waals surface area contributed by atoms with Gasteiger partial charge in [-0.05, 0) is 52.3 Å². The molecule has 5 rings (SSSR count). The Labute approximate surface area is 185 Å². The van der Waals surface area contributed by atoms with Crippen LogP contribution in [0.1, 0.15) is 15.9 Å². The number of carbonyl (C=O) groups is 1. The van der Waals surface area contributed by atoms with Crippen molar-refractivity contribution in [2.75, 3.05) is 6.79 Å². The summed E-state index contributed by atoms with van der Waals surface area (Å²) in [5.74, 6) is 0.972. The van der Waals surface area contributed by atoms with Gasteiger partial charge in [0.2, 0.25) is 6.79 Å². The number of hydrogen-bond acceptors (Lipinski definition) is 6. The molecule has 0 fully saturated rings. The number of ether oxygens (including phenoxy) is 2. The summed E-state index contributed by atoms with van der Waals surface area (Å²) >= 11 is 3.48. The number of benzene rings is 2. The number of nitrogens with zero attached hydrogens (tertiary/aromatic N) is 3. The molecule has 8 heteroatoms. The number of aromatic nitrogens is 2. The molecule has 31 heavy (non-hydrogen) atoms. The Morgan fingerprint density at radius 1 is 1.06 bits per heavy atom. The number of nitrogens with one attached hydrogen (secondary N) is 1. The normalized spacial score (nSPS) is 12.4. The molecule has 1 aliphatic heterocycles. The maximum atomic E-state index is 13.0. The molecule has 3 heterocycles. The first-order chi connectivity index (χ1) is 15.2. The number of amides is 1.